The average molecular weight is 373 g/mol. The third-order valence-corrected chi connectivity index (χ3v) is 4.19. The van der Waals surface area contributed by atoms with E-state index >= 15 is 0 Å². The highest BCUT2D eigenvalue weighted by Crippen LogP contribution is 2.27. The monoisotopic (exact) mass is 373 g/mol. The molecule has 0 aliphatic rings. The van der Waals surface area contributed by atoms with E-state index in [4.69, 9.17) is 9.47 Å². The summed E-state index contributed by atoms with van der Waals surface area (Å²) in [6.07, 6.45) is 1.87. The standard InChI is InChI=1S/C24H23NO3/c1-3-28-23-12-8-7-11-22(23)25-24(26)21(19-9-5-4-6-10-19)17-18-13-15-20(27-2)16-14-18/h4-17H,3H2,1-2H3,(H,25,26). The Morgan fingerprint density at radius 3 is 2.29 bits per heavy atom. The summed E-state index contributed by atoms with van der Waals surface area (Å²) < 4.78 is 10.8. The summed E-state index contributed by atoms with van der Waals surface area (Å²) >= 11 is 0. The van der Waals surface area contributed by atoms with Crippen molar-refractivity contribution in [3.63, 3.8) is 0 Å². The third-order valence-electron chi connectivity index (χ3n) is 4.19. The predicted molar refractivity (Wildman–Crippen MR) is 114 cm³/mol. The van der Waals surface area contributed by atoms with Crippen molar-refractivity contribution in [1.82, 2.24) is 0 Å². The molecule has 1 amide bonds. The Morgan fingerprint density at radius 1 is 0.929 bits per heavy atom. The van der Waals surface area contributed by atoms with Crippen LogP contribution in [0.25, 0.3) is 11.6 Å². The second kappa shape index (κ2) is 9.42. The molecule has 0 fully saturated rings. The molecule has 0 aromatic heterocycles. The van der Waals surface area contributed by atoms with Crippen molar-refractivity contribution in [2.45, 2.75) is 6.92 Å². The van der Waals surface area contributed by atoms with E-state index in [1.807, 2.05) is 91.9 Å². The third kappa shape index (κ3) is 4.80. The molecule has 0 aliphatic heterocycles. The first-order valence-electron chi connectivity index (χ1n) is 9.15. The van der Waals surface area contributed by atoms with E-state index in [0.29, 0.717) is 23.6 Å². The number of nitrogens with one attached hydrogen (secondary N) is 1. The van der Waals surface area contributed by atoms with Gasteiger partial charge in [0.25, 0.3) is 5.91 Å². The van der Waals surface area contributed by atoms with Gasteiger partial charge in [-0.05, 0) is 48.4 Å². The maximum Gasteiger partial charge on any atom is 0.256 e. The fourth-order valence-corrected chi connectivity index (χ4v) is 2.81. The number of carbonyl (C=O) groups excluding carboxylic acids is 1. The molecule has 0 radical (unpaired) electrons. The number of ether oxygens (including phenoxy) is 2. The van der Waals surface area contributed by atoms with Gasteiger partial charge >= 0.3 is 0 Å². The van der Waals surface area contributed by atoms with Crippen LogP contribution in [0.3, 0.4) is 0 Å². The zero-order valence-corrected chi connectivity index (χ0v) is 16.0. The smallest absolute Gasteiger partial charge is 0.256 e. The molecular weight excluding hydrogens is 350 g/mol. The van der Waals surface area contributed by atoms with Crippen molar-refractivity contribution in [3.8, 4) is 11.5 Å². The van der Waals surface area contributed by atoms with Gasteiger partial charge < -0.3 is 14.8 Å². The zero-order valence-electron chi connectivity index (χ0n) is 16.0. The summed E-state index contributed by atoms with van der Waals surface area (Å²) in [5, 5.41) is 2.98. The Hall–Kier alpha value is -3.53. The first-order valence-corrected chi connectivity index (χ1v) is 9.15. The molecule has 3 aromatic rings. The number of benzene rings is 3. The lowest BCUT2D eigenvalue weighted by Crippen LogP contribution is -2.14. The number of hydrogen-bond donors (Lipinski definition) is 1. The number of anilines is 1. The summed E-state index contributed by atoms with van der Waals surface area (Å²) in [7, 11) is 1.63. The van der Waals surface area contributed by atoms with Crippen molar-refractivity contribution < 1.29 is 14.3 Å². The highest BCUT2D eigenvalue weighted by molar-refractivity contribution is 6.29. The Bertz CT molecular complexity index is 947. The summed E-state index contributed by atoms with van der Waals surface area (Å²) in [5.41, 5.74) is 2.96. The molecule has 4 nitrogen and oxygen atoms in total. The van der Waals surface area contributed by atoms with Crippen LogP contribution in [-0.4, -0.2) is 19.6 Å². The highest BCUT2D eigenvalue weighted by atomic mass is 16.5. The Morgan fingerprint density at radius 2 is 1.61 bits per heavy atom. The molecule has 0 spiro atoms. The fraction of sp³-hybridized carbons (Fsp3) is 0.125. The maximum atomic E-state index is 13.1. The van der Waals surface area contributed by atoms with Gasteiger partial charge in [0, 0.05) is 5.57 Å². The molecule has 1 N–H and O–H groups in total. The minimum absolute atomic E-state index is 0.200. The van der Waals surface area contributed by atoms with Gasteiger partial charge in [-0.3, -0.25) is 4.79 Å². The lowest BCUT2D eigenvalue weighted by Gasteiger charge is -2.13. The first kappa shape index (κ1) is 19.2. The van der Waals surface area contributed by atoms with Crippen LogP contribution in [0, 0.1) is 0 Å². The first-order chi connectivity index (χ1) is 13.7. The van der Waals surface area contributed by atoms with Crippen LogP contribution in [0.2, 0.25) is 0 Å². The molecule has 142 valence electrons. The lowest BCUT2D eigenvalue weighted by atomic mass is 10.0. The number of amides is 1. The molecule has 28 heavy (non-hydrogen) atoms. The molecule has 0 unspecified atom stereocenters. The van der Waals surface area contributed by atoms with Gasteiger partial charge in [0.05, 0.1) is 19.4 Å². The summed E-state index contributed by atoms with van der Waals surface area (Å²) in [6, 6.07) is 24.6. The second-order valence-electron chi connectivity index (χ2n) is 6.08. The molecule has 0 saturated carbocycles. The van der Waals surface area contributed by atoms with Crippen molar-refractivity contribution >= 4 is 23.2 Å². The molecule has 4 heteroatoms. The summed E-state index contributed by atoms with van der Waals surface area (Å²) in [4.78, 5) is 13.1. The number of methoxy groups -OCH3 is 1. The van der Waals surface area contributed by atoms with Crippen LogP contribution in [0.15, 0.2) is 78.9 Å². The van der Waals surface area contributed by atoms with Crippen LogP contribution in [0.4, 0.5) is 5.69 Å². The Kier molecular flexibility index (Phi) is 6.47. The van der Waals surface area contributed by atoms with Crippen molar-refractivity contribution in [2.24, 2.45) is 0 Å². The quantitative estimate of drug-likeness (QED) is 0.453. The number of carbonyl (C=O) groups is 1. The van der Waals surface area contributed by atoms with Crippen LogP contribution in [-0.2, 0) is 4.79 Å². The molecule has 3 aromatic carbocycles. The number of hydrogen-bond acceptors (Lipinski definition) is 3. The van der Waals surface area contributed by atoms with Gasteiger partial charge in [0.2, 0.25) is 0 Å². The minimum atomic E-state index is -0.200. The van der Waals surface area contributed by atoms with Crippen LogP contribution >= 0.6 is 0 Å². The second-order valence-corrected chi connectivity index (χ2v) is 6.08. The van der Waals surface area contributed by atoms with E-state index in [0.717, 1.165) is 16.9 Å². The molecule has 0 bridgehead atoms. The topological polar surface area (TPSA) is 47.6 Å². The van der Waals surface area contributed by atoms with Gasteiger partial charge in [0.15, 0.2) is 0 Å². The van der Waals surface area contributed by atoms with E-state index in [2.05, 4.69) is 5.32 Å². The Balaban J connectivity index is 1.95. The van der Waals surface area contributed by atoms with Crippen molar-refractivity contribution in [1.29, 1.82) is 0 Å². The largest absolute Gasteiger partial charge is 0.497 e. The number of para-hydroxylation sites is 2. The van der Waals surface area contributed by atoms with Gasteiger partial charge in [-0.15, -0.1) is 0 Å². The molecule has 0 aliphatic carbocycles. The van der Waals surface area contributed by atoms with E-state index in [1.54, 1.807) is 7.11 Å². The summed E-state index contributed by atoms with van der Waals surface area (Å²) in [6.45, 7) is 2.44. The van der Waals surface area contributed by atoms with E-state index in [1.165, 1.54) is 0 Å². The molecular formula is C24H23NO3. The van der Waals surface area contributed by atoms with E-state index in [9.17, 15) is 4.79 Å². The van der Waals surface area contributed by atoms with Crippen molar-refractivity contribution in [2.75, 3.05) is 19.0 Å². The highest BCUT2D eigenvalue weighted by Gasteiger charge is 2.14. The normalized spacial score (nSPS) is 11.0. The van der Waals surface area contributed by atoms with Crippen LogP contribution in [0.1, 0.15) is 18.1 Å². The van der Waals surface area contributed by atoms with Crippen LogP contribution < -0.4 is 14.8 Å². The minimum Gasteiger partial charge on any atom is -0.497 e. The fourth-order valence-electron chi connectivity index (χ4n) is 2.81. The van der Waals surface area contributed by atoms with Gasteiger partial charge in [0.1, 0.15) is 11.5 Å². The molecule has 0 atom stereocenters. The van der Waals surface area contributed by atoms with E-state index in [-0.39, 0.29) is 5.91 Å². The molecule has 0 heterocycles. The van der Waals surface area contributed by atoms with Gasteiger partial charge in [-0.1, -0.05) is 54.6 Å². The summed E-state index contributed by atoms with van der Waals surface area (Å²) in [5.74, 6) is 1.22. The molecule has 3 rings (SSSR count). The number of rotatable bonds is 7. The Labute approximate surface area is 165 Å². The molecule has 0 saturated heterocycles. The van der Waals surface area contributed by atoms with Crippen LogP contribution in [0.5, 0.6) is 11.5 Å². The van der Waals surface area contributed by atoms with E-state index < -0.39 is 0 Å². The average Bonchev–Trinajstić information content (AvgIpc) is 2.74. The maximum absolute atomic E-state index is 13.1. The van der Waals surface area contributed by atoms with Gasteiger partial charge in [-0.25, -0.2) is 0 Å². The van der Waals surface area contributed by atoms with Gasteiger partial charge in [-0.2, -0.15) is 0 Å². The zero-order chi connectivity index (χ0) is 19.8. The predicted octanol–water partition coefficient (Wildman–Crippen LogP) is 5.27. The lowest BCUT2D eigenvalue weighted by molar-refractivity contribution is -0.111. The van der Waals surface area contributed by atoms with Crippen molar-refractivity contribution in [3.05, 3.63) is 90.0 Å². The SMILES string of the molecule is CCOc1ccccc1NC(=O)C(=Cc1ccc(OC)cc1)c1ccccc1.